The highest BCUT2D eigenvalue weighted by molar-refractivity contribution is 7.80. The number of nitrogens with zero attached hydrogens (tertiary/aromatic N) is 2. The summed E-state index contributed by atoms with van der Waals surface area (Å²) in [5.74, 6) is 0.0370. The number of carbonyl (C=O) groups excluding carboxylic acids is 2. The first-order valence-corrected chi connectivity index (χ1v) is 13.4. The van der Waals surface area contributed by atoms with E-state index in [0.29, 0.717) is 30.5 Å². The molecule has 0 atom stereocenters. The average molecular weight is 523 g/mol. The second-order valence-electron chi connectivity index (χ2n) is 8.53. The maximum Gasteiger partial charge on any atom is 0.413 e. The minimum absolute atomic E-state index is 0.215. The van der Waals surface area contributed by atoms with Gasteiger partial charge in [0.25, 0.3) is 5.91 Å². The number of aromatic nitrogens is 1. The second-order valence-corrected chi connectivity index (χ2v) is 9.81. The summed E-state index contributed by atoms with van der Waals surface area (Å²) in [5, 5.41) is 8.80. The smallest absolute Gasteiger partial charge is 0.413 e. The normalized spacial score (nSPS) is 13.8. The maximum atomic E-state index is 13.0. The van der Waals surface area contributed by atoms with Crippen LogP contribution in [0.1, 0.15) is 53.7 Å². The number of thiocarbonyl (C=S) groups is 1. The van der Waals surface area contributed by atoms with Crippen molar-refractivity contribution in [2.45, 2.75) is 39.0 Å². The predicted octanol–water partition coefficient (Wildman–Crippen LogP) is 5.84. The predicted molar refractivity (Wildman–Crippen MR) is 148 cm³/mol. The Balaban J connectivity index is 1.37. The van der Waals surface area contributed by atoms with Crippen molar-refractivity contribution in [3.05, 3.63) is 70.2 Å². The number of ether oxygens (including phenoxy) is 1. The summed E-state index contributed by atoms with van der Waals surface area (Å²) in [4.78, 5) is 31.3. The Morgan fingerprint density at radius 2 is 1.83 bits per heavy atom. The Kier molecular flexibility index (Phi) is 8.66. The number of piperidine rings is 1. The molecule has 4 rings (SSSR count). The molecule has 1 saturated heterocycles. The summed E-state index contributed by atoms with van der Waals surface area (Å²) in [6.45, 7) is 5.60. The van der Waals surface area contributed by atoms with Gasteiger partial charge >= 0.3 is 6.09 Å². The zero-order valence-corrected chi connectivity index (χ0v) is 22.1. The molecular formula is C27H30N4O3S2. The Morgan fingerprint density at radius 3 is 2.53 bits per heavy atom. The van der Waals surface area contributed by atoms with Crippen LogP contribution in [0.5, 0.6) is 0 Å². The number of rotatable bonds is 6. The molecule has 2 aromatic carbocycles. The van der Waals surface area contributed by atoms with Crippen LogP contribution < -0.4 is 10.6 Å². The van der Waals surface area contributed by atoms with E-state index in [4.69, 9.17) is 17.0 Å². The van der Waals surface area contributed by atoms with Crippen molar-refractivity contribution in [1.82, 2.24) is 15.2 Å². The van der Waals surface area contributed by atoms with E-state index in [-0.39, 0.29) is 11.8 Å². The molecular weight excluding hydrogens is 492 g/mol. The largest absolute Gasteiger partial charge is 0.450 e. The van der Waals surface area contributed by atoms with Crippen LogP contribution in [-0.4, -0.2) is 46.7 Å². The van der Waals surface area contributed by atoms with Gasteiger partial charge in [-0.1, -0.05) is 49.4 Å². The van der Waals surface area contributed by atoms with Crippen LogP contribution >= 0.6 is 23.6 Å². The minimum Gasteiger partial charge on any atom is -0.450 e. The molecule has 0 radical (unpaired) electrons. The van der Waals surface area contributed by atoms with E-state index in [1.54, 1.807) is 6.92 Å². The number of nitrogens with one attached hydrogen (secondary N) is 2. The van der Waals surface area contributed by atoms with Gasteiger partial charge < -0.3 is 15.0 Å². The fourth-order valence-corrected chi connectivity index (χ4v) is 5.43. The number of amides is 2. The van der Waals surface area contributed by atoms with E-state index in [1.807, 2.05) is 34.5 Å². The number of aryl methyl sites for hydroxylation is 1. The lowest BCUT2D eigenvalue weighted by Crippen LogP contribution is -2.46. The highest BCUT2D eigenvalue weighted by Crippen LogP contribution is 2.32. The molecule has 2 N–H and O–H groups in total. The molecule has 1 aromatic heterocycles. The zero-order valence-electron chi connectivity index (χ0n) is 20.5. The first-order chi connectivity index (χ1) is 17.5. The van der Waals surface area contributed by atoms with E-state index >= 15 is 0 Å². The molecule has 2 amide bonds. The van der Waals surface area contributed by atoms with E-state index < -0.39 is 6.09 Å². The molecule has 1 aliphatic heterocycles. The Labute approximate surface area is 220 Å². The van der Waals surface area contributed by atoms with Gasteiger partial charge in [0.15, 0.2) is 5.11 Å². The van der Waals surface area contributed by atoms with Crippen molar-refractivity contribution in [3.63, 3.8) is 0 Å². The number of alkyl carbamates (subject to hydrolysis) is 1. The first-order valence-electron chi connectivity index (χ1n) is 12.2. The molecule has 1 aliphatic rings. The minimum atomic E-state index is -0.528. The van der Waals surface area contributed by atoms with E-state index in [0.717, 1.165) is 41.1 Å². The van der Waals surface area contributed by atoms with Crippen molar-refractivity contribution in [2.75, 3.05) is 25.0 Å². The van der Waals surface area contributed by atoms with E-state index in [1.165, 1.54) is 16.9 Å². The van der Waals surface area contributed by atoms with Crippen LogP contribution in [0.15, 0.2) is 53.9 Å². The summed E-state index contributed by atoms with van der Waals surface area (Å²) in [5.41, 5.74) is 4.50. The van der Waals surface area contributed by atoms with Gasteiger partial charge in [0.1, 0.15) is 5.69 Å². The summed E-state index contributed by atoms with van der Waals surface area (Å²) in [6.07, 6.45) is 2.15. The molecule has 36 heavy (non-hydrogen) atoms. The molecule has 0 saturated carbocycles. The highest BCUT2D eigenvalue weighted by Gasteiger charge is 2.26. The van der Waals surface area contributed by atoms with Crippen LogP contribution in [0.4, 0.5) is 10.5 Å². The van der Waals surface area contributed by atoms with Crippen molar-refractivity contribution >= 4 is 46.4 Å². The second kappa shape index (κ2) is 12.1. The lowest BCUT2D eigenvalue weighted by Gasteiger charge is -2.32. The summed E-state index contributed by atoms with van der Waals surface area (Å²) < 4.78 is 4.89. The molecule has 0 aliphatic carbocycles. The van der Waals surface area contributed by atoms with Crippen molar-refractivity contribution in [1.29, 1.82) is 0 Å². The molecule has 7 nitrogen and oxygen atoms in total. The fraction of sp³-hybridized carbons (Fsp3) is 0.333. The number of para-hydroxylation sites is 1. The fourth-order valence-electron chi connectivity index (χ4n) is 4.19. The average Bonchev–Trinajstić information content (AvgIpc) is 3.40. The monoisotopic (exact) mass is 522 g/mol. The lowest BCUT2D eigenvalue weighted by molar-refractivity contribution is 0.102. The topological polar surface area (TPSA) is 83.6 Å². The Hall–Kier alpha value is -3.30. The van der Waals surface area contributed by atoms with Gasteiger partial charge in [-0.25, -0.2) is 9.78 Å². The first kappa shape index (κ1) is 25.8. The van der Waals surface area contributed by atoms with Gasteiger partial charge in [-0.05, 0) is 55.6 Å². The third kappa shape index (κ3) is 6.27. The molecule has 0 unspecified atom stereocenters. The van der Waals surface area contributed by atoms with E-state index in [9.17, 15) is 9.59 Å². The SMILES string of the molecule is CCOC(=O)NC(=S)N1CCC(c2nc(C(=O)Nc3ccccc3-c3ccc(CC)cc3)cs2)CC1. The van der Waals surface area contributed by atoms with Crippen molar-refractivity contribution < 1.29 is 14.3 Å². The van der Waals surface area contributed by atoms with E-state index in [2.05, 4.69) is 46.8 Å². The van der Waals surface area contributed by atoms with Gasteiger partial charge in [-0.3, -0.25) is 10.1 Å². The number of anilines is 1. The third-order valence-corrected chi connectivity index (χ3v) is 7.59. The molecule has 2 heterocycles. The number of thiazole rings is 1. The van der Waals surface area contributed by atoms with Crippen LogP contribution in [0.2, 0.25) is 0 Å². The van der Waals surface area contributed by atoms with Crippen molar-refractivity contribution in [2.24, 2.45) is 0 Å². The summed E-state index contributed by atoms with van der Waals surface area (Å²) in [6, 6.07) is 16.2. The molecule has 0 spiro atoms. The van der Waals surface area contributed by atoms with Gasteiger partial charge in [-0.2, -0.15) is 0 Å². The van der Waals surface area contributed by atoms with Gasteiger partial charge in [0.05, 0.1) is 11.6 Å². The number of likely N-dealkylation sites (tertiary alicyclic amines) is 1. The Morgan fingerprint density at radius 1 is 1.11 bits per heavy atom. The third-order valence-electron chi connectivity index (χ3n) is 6.22. The summed E-state index contributed by atoms with van der Waals surface area (Å²) >= 11 is 6.84. The van der Waals surface area contributed by atoms with Crippen LogP contribution in [0, 0.1) is 0 Å². The Bertz CT molecular complexity index is 1220. The number of hydrogen-bond acceptors (Lipinski definition) is 6. The standard InChI is InChI=1S/C27H30N4O3S2/c1-3-18-9-11-19(12-10-18)21-7-5-6-8-22(21)28-24(32)23-17-36-25(29-23)20-13-15-31(16-14-20)26(35)30-27(33)34-4-2/h5-12,17,20H,3-4,13-16H2,1-2H3,(H,28,32)(H,30,33,35). The van der Waals surface area contributed by atoms with Crippen LogP contribution in [-0.2, 0) is 11.2 Å². The molecule has 9 heteroatoms. The van der Waals surface area contributed by atoms with Gasteiger partial charge in [0.2, 0.25) is 0 Å². The molecule has 0 bridgehead atoms. The lowest BCUT2D eigenvalue weighted by atomic mass is 9.98. The molecule has 1 fully saturated rings. The van der Waals surface area contributed by atoms with Crippen LogP contribution in [0.25, 0.3) is 11.1 Å². The van der Waals surface area contributed by atoms with Crippen LogP contribution in [0.3, 0.4) is 0 Å². The highest BCUT2D eigenvalue weighted by atomic mass is 32.1. The molecule has 188 valence electrons. The van der Waals surface area contributed by atoms with Crippen molar-refractivity contribution in [3.8, 4) is 11.1 Å². The summed E-state index contributed by atoms with van der Waals surface area (Å²) in [7, 11) is 0. The van der Waals surface area contributed by atoms with Gasteiger partial charge in [-0.15, -0.1) is 11.3 Å². The zero-order chi connectivity index (χ0) is 25.5. The molecule has 3 aromatic rings. The number of hydrogen-bond donors (Lipinski definition) is 2. The van der Waals surface area contributed by atoms with Gasteiger partial charge in [0, 0.05) is 35.6 Å². The quantitative estimate of drug-likeness (QED) is 0.396. The number of carbonyl (C=O) groups is 2. The number of benzene rings is 2. The maximum absolute atomic E-state index is 13.0.